The van der Waals surface area contributed by atoms with E-state index < -0.39 is 0 Å². The number of likely N-dealkylation sites (tertiary alicyclic amines) is 1. The van der Waals surface area contributed by atoms with Gasteiger partial charge in [0.1, 0.15) is 0 Å². The van der Waals surface area contributed by atoms with Gasteiger partial charge in [0.25, 0.3) is 0 Å². The Morgan fingerprint density at radius 2 is 2.00 bits per heavy atom. The molecule has 0 radical (unpaired) electrons. The molecule has 2 fully saturated rings. The summed E-state index contributed by atoms with van der Waals surface area (Å²) in [5.41, 5.74) is 3.27. The van der Waals surface area contributed by atoms with E-state index in [1.165, 1.54) is 45.3 Å². The zero-order chi connectivity index (χ0) is 11.4. The summed E-state index contributed by atoms with van der Waals surface area (Å²) in [6.07, 6.45) is 5.65. The fourth-order valence-electron chi connectivity index (χ4n) is 2.84. The molecule has 0 spiro atoms. The average molecular weight is 222 g/mol. The molecule has 16 heavy (non-hydrogen) atoms. The Labute approximate surface area is 100 Å². The summed E-state index contributed by atoms with van der Waals surface area (Å²) in [5.74, 6) is 1.01. The van der Waals surface area contributed by atoms with Crippen molar-refractivity contribution >= 4 is 0 Å². The number of hydrogen-bond donors (Lipinski definition) is 1. The van der Waals surface area contributed by atoms with Gasteiger partial charge in [0.2, 0.25) is 0 Å². The monoisotopic (exact) mass is 222 g/mol. The molecule has 0 aromatic carbocycles. The highest BCUT2D eigenvalue weighted by Crippen LogP contribution is 2.22. The fourth-order valence-corrected chi connectivity index (χ4v) is 2.84. The van der Waals surface area contributed by atoms with Crippen LogP contribution in [-0.4, -0.2) is 37.6 Å². The first-order valence-corrected chi connectivity index (χ1v) is 6.90. The maximum atomic E-state index is 3.33. The van der Waals surface area contributed by atoms with E-state index in [2.05, 4.69) is 24.1 Å². The van der Waals surface area contributed by atoms with Crippen LogP contribution in [0.5, 0.6) is 0 Å². The van der Waals surface area contributed by atoms with Crippen LogP contribution in [-0.2, 0) is 0 Å². The van der Waals surface area contributed by atoms with Gasteiger partial charge in [-0.25, -0.2) is 0 Å². The second-order valence-electron chi connectivity index (χ2n) is 5.50. The van der Waals surface area contributed by atoms with Crippen molar-refractivity contribution in [3.8, 4) is 0 Å². The number of piperidine rings is 1. The molecule has 2 aliphatic rings. The van der Waals surface area contributed by atoms with Crippen LogP contribution in [0.15, 0.2) is 11.1 Å². The standard InChI is InChI=1S/C14H26N2/c1-3-4-13-5-7-16(8-6-13)11-12(2)14-9-15-10-14/h13,15H,3-11H2,1-2H3. The van der Waals surface area contributed by atoms with Crippen molar-refractivity contribution < 1.29 is 0 Å². The van der Waals surface area contributed by atoms with Crippen LogP contribution >= 0.6 is 0 Å². The molecule has 0 bridgehead atoms. The largest absolute Gasteiger partial charge is 0.309 e. The van der Waals surface area contributed by atoms with Gasteiger partial charge in [0, 0.05) is 19.6 Å². The third-order valence-electron chi connectivity index (χ3n) is 4.15. The highest BCUT2D eigenvalue weighted by molar-refractivity contribution is 5.22. The Bertz CT molecular complexity index is 243. The van der Waals surface area contributed by atoms with Gasteiger partial charge in [-0.2, -0.15) is 0 Å². The SMILES string of the molecule is CCCC1CCN(CC(C)=C2CNC2)CC1. The van der Waals surface area contributed by atoms with Gasteiger partial charge in [-0.3, -0.25) is 4.90 Å². The molecule has 0 atom stereocenters. The predicted molar refractivity (Wildman–Crippen MR) is 69.6 cm³/mol. The van der Waals surface area contributed by atoms with Crippen LogP contribution in [0, 0.1) is 5.92 Å². The molecule has 2 heteroatoms. The highest BCUT2D eigenvalue weighted by Gasteiger charge is 2.19. The van der Waals surface area contributed by atoms with Crippen molar-refractivity contribution in [2.24, 2.45) is 5.92 Å². The normalized spacial score (nSPS) is 23.2. The van der Waals surface area contributed by atoms with Crippen LogP contribution in [0.4, 0.5) is 0 Å². The maximum absolute atomic E-state index is 3.33. The Morgan fingerprint density at radius 3 is 2.50 bits per heavy atom. The molecule has 0 aromatic heterocycles. The number of hydrogen-bond acceptors (Lipinski definition) is 2. The van der Waals surface area contributed by atoms with Crippen LogP contribution < -0.4 is 5.32 Å². The Balaban J connectivity index is 1.72. The summed E-state index contributed by atoms with van der Waals surface area (Å²) in [5, 5.41) is 3.33. The van der Waals surface area contributed by atoms with E-state index in [0.29, 0.717) is 0 Å². The first-order chi connectivity index (χ1) is 7.79. The van der Waals surface area contributed by atoms with Gasteiger partial charge in [-0.1, -0.05) is 25.3 Å². The topological polar surface area (TPSA) is 15.3 Å². The first-order valence-electron chi connectivity index (χ1n) is 6.90. The third-order valence-corrected chi connectivity index (χ3v) is 4.15. The zero-order valence-corrected chi connectivity index (χ0v) is 10.9. The lowest BCUT2D eigenvalue weighted by atomic mass is 9.92. The van der Waals surface area contributed by atoms with E-state index in [-0.39, 0.29) is 0 Å². The molecule has 2 rings (SSSR count). The van der Waals surface area contributed by atoms with E-state index in [9.17, 15) is 0 Å². The summed E-state index contributed by atoms with van der Waals surface area (Å²) in [6.45, 7) is 10.8. The molecule has 92 valence electrons. The minimum Gasteiger partial charge on any atom is -0.309 e. The van der Waals surface area contributed by atoms with Gasteiger partial charge < -0.3 is 5.32 Å². The molecule has 1 N–H and O–H groups in total. The quantitative estimate of drug-likeness (QED) is 0.735. The second-order valence-corrected chi connectivity index (χ2v) is 5.50. The predicted octanol–water partition coefficient (Wildman–Crippen LogP) is 2.42. The molecule has 2 heterocycles. The third kappa shape index (κ3) is 3.08. The summed E-state index contributed by atoms with van der Waals surface area (Å²) in [6, 6.07) is 0. The maximum Gasteiger partial charge on any atom is 0.0193 e. The Hall–Kier alpha value is -0.340. The van der Waals surface area contributed by atoms with E-state index in [0.717, 1.165) is 19.0 Å². The number of nitrogens with zero attached hydrogens (tertiary/aromatic N) is 1. The van der Waals surface area contributed by atoms with Gasteiger partial charge in [-0.05, 0) is 44.3 Å². The first kappa shape index (κ1) is 12.1. The second kappa shape index (κ2) is 5.83. The van der Waals surface area contributed by atoms with Crippen molar-refractivity contribution in [3.05, 3.63) is 11.1 Å². The molecule has 0 aromatic rings. The highest BCUT2D eigenvalue weighted by atomic mass is 15.1. The van der Waals surface area contributed by atoms with Crippen LogP contribution in [0.1, 0.15) is 39.5 Å². The van der Waals surface area contributed by atoms with Gasteiger partial charge in [-0.15, -0.1) is 0 Å². The van der Waals surface area contributed by atoms with E-state index in [1.807, 2.05) is 0 Å². The molecule has 2 saturated heterocycles. The molecular formula is C14H26N2. The van der Waals surface area contributed by atoms with Crippen LogP contribution in [0.25, 0.3) is 0 Å². The van der Waals surface area contributed by atoms with Gasteiger partial charge >= 0.3 is 0 Å². The van der Waals surface area contributed by atoms with E-state index in [1.54, 1.807) is 11.1 Å². The van der Waals surface area contributed by atoms with Crippen molar-refractivity contribution in [1.82, 2.24) is 10.2 Å². The minimum atomic E-state index is 1.01. The van der Waals surface area contributed by atoms with Gasteiger partial charge in [0.15, 0.2) is 0 Å². The molecule has 0 aliphatic carbocycles. The zero-order valence-electron chi connectivity index (χ0n) is 10.9. The molecular weight excluding hydrogens is 196 g/mol. The number of nitrogens with one attached hydrogen (secondary N) is 1. The van der Waals surface area contributed by atoms with Crippen LogP contribution in [0.3, 0.4) is 0 Å². The van der Waals surface area contributed by atoms with Crippen molar-refractivity contribution in [2.45, 2.75) is 39.5 Å². The van der Waals surface area contributed by atoms with Crippen molar-refractivity contribution in [3.63, 3.8) is 0 Å². The Morgan fingerprint density at radius 1 is 1.31 bits per heavy atom. The minimum absolute atomic E-state index is 1.01. The lowest BCUT2D eigenvalue weighted by Gasteiger charge is -2.33. The summed E-state index contributed by atoms with van der Waals surface area (Å²) in [7, 11) is 0. The molecule has 0 unspecified atom stereocenters. The van der Waals surface area contributed by atoms with Crippen molar-refractivity contribution in [1.29, 1.82) is 0 Å². The van der Waals surface area contributed by atoms with E-state index in [4.69, 9.17) is 0 Å². The molecule has 2 nitrogen and oxygen atoms in total. The summed E-state index contributed by atoms with van der Waals surface area (Å²) in [4.78, 5) is 2.65. The Kier molecular flexibility index (Phi) is 4.42. The van der Waals surface area contributed by atoms with Gasteiger partial charge in [0.05, 0.1) is 0 Å². The summed E-state index contributed by atoms with van der Waals surface area (Å²) < 4.78 is 0. The summed E-state index contributed by atoms with van der Waals surface area (Å²) >= 11 is 0. The lowest BCUT2D eigenvalue weighted by molar-refractivity contribution is 0.190. The molecule has 0 amide bonds. The fraction of sp³-hybridized carbons (Fsp3) is 0.857. The lowest BCUT2D eigenvalue weighted by Crippen LogP contribution is -2.39. The van der Waals surface area contributed by atoms with Crippen LogP contribution in [0.2, 0.25) is 0 Å². The van der Waals surface area contributed by atoms with E-state index >= 15 is 0 Å². The average Bonchev–Trinajstić information content (AvgIpc) is 2.18. The smallest absolute Gasteiger partial charge is 0.0193 e. The molecule has 2 aliphatic heterocycles. The van der Waals surface area contributed by atoms with Crippen molar-refractivity contribution in [2.75, 3.05) is 32.7 Å². The number of rotatable bonds is 4. The molecule has 0 saturated carbocycles.